The molecule has 0 aliphatic heterocycles. The van der Waals surface area contributed by atoms with Crippen LogP contribution in [0.1, 0.15) is 19.5 Å². The monoisotopic (exact) mass is 243 g/mol. The minimum atomic E-state index is -0.624. The molecule has 0 bridgehead atoms. The van der Waals surface area contributed by atoms with Gasteiger partial charge in [-0.25, -0.2) is 9.69 Å². The lowest BCUT2D eigenvalue weighted by Crippen LogP contribution is -2.41. The lowest BCUT2D eigenvalue weighted by molar-refractivity contribution is -0.696. The normalized spacial score (nSPS) is 9.94. The predicted molar refractivity (Wildman–Crippen MR) is 58.8 cm³/mol. The van der Waals surface area contributed by atoms with Gasteiger partial charge in [-0.05, 0) is 6.92 Å². The van der Waals surface area contributed by atoms with Gasteiger partial charge in [0.1, 0.15) is 13.1 Å². The Labute approximate surface area is 98.3 Å². The van der Waals surface area contributed by atoms with Crippen molar-refractivity contribution in [1.82, 2.24) is 4.90 Å². The lowest BCUT2D eigenvalue weighted by Gasteiger charge is -2.14. The van der Waals surface area contributed by atoms with Crippen molar-refractivity contribution in [2.75, 3.05) is 7.11 Å². The third kappa shape index (κ3) is 2.79. The molecule has 0 aliphatic rings. The molecule has 0 radical (unpaired) electrons. The smallest absolute Gasteiger partial charge is 0.416 e. The van der Waals surface area contributed by atoms with Gasteiger partial charge in [-0.1, -0.05) is 11.3 Å². The molecule has 0 aromatic carbocycles. The van der Waals surface area contributed by atoms with Crippen molar-refractivity contribution in [2.24, 2.45) is 0 Å². The van der Waals surface area contributed by atoms with Crippen LogP contribution >= 0.6 is 11.3 Å². The van der Waals surface area contributed by atoms with Crippen LogP contribution in [-0.4, -0.2) is 24.0 Å². The summed E-state index contributed by atoms with van der Waals surface area (Å²) in [6, 6.07) is 0. The summed E-state index contributed by atoms with van der Waals surface area (Å²) in [7, 11) is 1.26. The van der Waals surface area contributed by atoms with Crippen molar-refractivity contribution in [2.45, 2.75) is 26.9 Å². The number of ether oxygens (including phenoxy) is 1. The summed E-state index contributed by atoms with van der Waals surface area (Å²) in [5.41, 5.74) is 2.87. The number of aryl methyl sites for hydroxylation is 1. The number of methoxy groups -OCH3 is 1. The molecule has 16 heavy (non-hydrogen) atoms. The van der Waals surface area contributed by atoms with Gasteiger partial charge in [-0.3, -0.25) is 4.79 Å². The molecular formula is C10H15N2O3S+. The van der Waals surface area contributed by atoms with Crippen LogP contribution in [-0.2, 0) is 22.6 Å². The van der Waals surface area contributed by atoms with E-state index in [2.05, 4.69) is 4.74 Å². The van der Waals surface area contributed by atoms with E-state index in [4.69, 9.17) is 0 Å². The van der Waals surface area contributed by atoms with Crippen LogP contribution in [0.2, 0.25) is 0 Å². The summed E-state index contributed by atoms with van der Waals surface area (Å²) in [6.07, 6.45) is -0.624. The quantitative estimate of drug-likeness (QED) is 0.749. The summed E-state index contributed by atoms with van der Waals surface area (Å²) < 4.78 is 6.55. The molecule has 0 unspecified atom stereocenters. The first-order valence-corrected chi connectivity index (χ1v) is 5.85. The van der Waals surface area contributed by atoms with Crippen molar-refractivity contribution in [3.8, 4) is 0 Å². The maximum Gasteiger partial charge on any atom is 0.416 e. The summed E-state index contributed by atoms with van der Waals surface area (Å²) in [5, 5.41) is 1.92. The van der Waals surface area contributed by atoms with E-state index in [-0.39, 0.29) is 12.5 Å². The number of imide groups is 1. The van der Waals surface area contributed by atoms with Crippen LogP contribution in [0.25, 0.3) is 0 Å². The minimum Gasteiger partial charge on any atom is -0.452 e. The number of hydrogen-bond donors (Lipinski definition) is 0. The number of rotatable bonds is 3. The molecule has 1 rings (SSSR count). The topological polar surface area (TPSA) is 50.5 Å². The average Bonchev–Trinajstić information content (AvgIpc) is 2.71. The van der Waals surface area contributed by atoms with Gasteiger partial charge in [0.25, 0.3) is 0 Å². The van der Waals surface area contributed by atoms with E-state index in [1.165, 1.54) is 25.4 Å². The molecule has 0 aliphatic carbocycles. The Morgan fingerprint density at radius 3 is 2.75 bits per heavy atom. The molecule has 0 saturated carbocycles. The zero-order valence-corrected chi connectivity index (χ0v) is 10.4. The van der Waals surface area contributed by atoms with Crippen LogP contribution in [0.4, 0.5) is 4.79 Å². The molecule has 1 heterocycles. The van der Waals surface area contributed by atoms with Crippen molar-refractivity contribution in [3.05, 3.63) is 16.6 Å². The molecule has 1 aromatic heterocycles. The first-order chi connectivity index (χ1) is 7.60. The van der Waals surface area contributed by atoms with E-state index in [0.717, 1.165) is 17.1 Å². The van der Waals surface area contributed by atoms with Crippen LogP contribution in [0.15, 0.2) is 10.9 Å². The van der Waals surface area contributed by atoms with Crippen molar-refractivity contribution in [1.29, 1.82) is 0 Å². The van der Waals surface area contributed by atoms with E-state index < -0.39 is 6.09 Å². The van der Waals surface area contributed by atoms with Gasteiger partial charge in [0.2, 0.25) is 17.1 Å². The molecule has 0 saturated heterocycles. The Kier molecular flexibility index (Phi) is 4.42. The van der Waals surface area contributed by atoms with Crippen LogP contribution in [0.5, 0.6) is 0 Å². The molecular weight excluding hydrogens is 228 g/mol. The highest BCUT2D eigenvalue weighted by Gasteiger charge is 2.23. The largest absolute Gasteiger partial charge is 0.452 e. The first-order valence-electron chi connectivity index (χ1n) is 4.90. The Hall–Kier alpha value is -1.43. The zero-order chi connectivity index (χ0) is 12.1. The van der Waals surface area contributed by atoms with Crippen LogP contribution in [0, 0.1) is 0 Å². The molecule has 1 aromatic rings. The Balaban J connectivity index is 2.84. The molecule has 5 nitrogen and oxygen atoms in total. The van der Waals surface area contributed by atoms with Crippen molar-refractivity contribution >= 4 is 23.3 Å². The Bertz CT molecular complexity index is 389. The van der Waals surface area contributed by atoms with E-state index in [1.807, 2.05) is 22.4 Å². The van der Waals surface area contributed by atoms with E-state index in [1.54, 1.807) is 0 Å². The van der Waals surface area contributed by atoms with E-state index in [0.29, 0.717) is 0 Å². The van der Waals surface area contributed by atoms with Gasteiger partial charge in [0, 0.05) is 6.92 Å². The molecule has 2 amide bonds. The first kappa shape index (κ1) is 12.6. The third-order valence-electron chi connectivity index (χ3n) is 2.20. The zero-order valence-electron chi connectivity index (χ0n) is 9.60. The maximum atomic E-state index is 11.4. The van der Waals surface area contributed by atoms with Crippen LogP contribution < -0.4 is 4.57 Å². The molecule has 6 heteroatoms. The number of carbonyl (C=O) groups is 2. The highest BCUT2D eigenvalue weighted by Crippen LogP contribution is 2.06. The summed E-state index contributed by atoms with van der Waals surface area (Å²) in [6.45, 7) is 4.41. The van der Waals surface area contributed by atoms with Gasteiger partial charge < -0.3 is 4.74 Å². The standard InChI is InChI=1S/C10H15N2O3S/c1-4-11-7-16-6-9(11)5-12(8(2)13)10(14)15-3/h6-7H,4-5H2,1-3H3/q+1. The van der Waals surface area contributed by atoms with Crippen molar-refractivity contribution < 1.29 is 18.9 Å². The fourth-order valence-electron chi connectivity index (χ4n) is 1.30. The van der Waals surface area contributed by atoms with Gasteiger partial charge >= 0.3 is 6.09 Å². The third-order valence-corrected chi connectivity index (χ3v) is 2.98. The minimum absolute atomic E-state index is 0.249. The molecule has 88 valence electrons. The van der Waals surface area contributed by atoms with Crippen LogP contribution in [0.3, 0.4) is 0 Å². The lowest BCUT2D eigenvalue weighted by atomic mass is 10.4. The number of hydrogen-bond acceptors (Lipinski definition) is 4. The number of carbonyl (C=O) groups excluding carboxylic acids is 2. The summed E-state index contributed by atoms with van der Waals surface area (Å²) in [5.74, 6) is -0.319. The molecule has 0 fully saturated rings. The molecule has 0 spiro atoms. The predicted octanol–water partition coefficient (Wildman–Crippen LogP) is 1.17. The highest BCUT2D eigenvalue weighted by atomic mass is 32.1. The number of aromatic nitrogens is 1. The van der Waals surface area contributed by atoms with E-state index in [9.17, 15) is 9.59 Å². The second-order valence-electron chi connectivity index (χ2n) is 3.21. The molecule has 0 atom stereocenters. The maximum absolute atomic E-state index is 11.4. The van der Waals surface area contributed by atoms with Crippen molar-refractivity contribution in [3.63, 3.8) is 0 Å². The fraction of sp³-hybridized carbons (Fsp3) is 0.500. The summed E-state index contributed by atoms with van der Waals surface area (Å²) >= 11 is 1.54. The van der Waals surface area contributed by atoms with Gasteiger partial charge in [-0.15, -0.1) is 0 Å². The fourth-order valence-corrected chi connectivity index (χ4v) is 2.16. The van der Waals surface area contributed by atoms with Gasteiger partial charge in [0.15, 0.2) is 0 Å². The Morgan fingerprint density at radius 1 is 1.56 bits per heavy atom. The SMILES string of the molecule is CC[n+]1cscc1CN(C(C)=O)C(=O)OC. The number of amides is 2. The average molecular weight is 243 g/mol. The second-order valence-corrected chi connectivity index (χ2v) is 3.93. The van der Waals surface area contributed by atoms with Gasteiger partial charge in [0.05, 0.1) is 12.5 Å². The second kappa shape index (κ2) is 5.60. The molecule has 0 N–H and O–H groups in total. The Morgan fingerprint density at radius 2 is 2.25 bits per heavy atom. The number of thiazole rings is 1. The van der Waals surface area contributed by atoms with Gasteiger partial charge in [-0.2, -0.15) is 4.57 Å². The number of nitrogens with zero attached hydrogens (tertiary/aromatic N) is 2. The summed E-state index contributed by atoms with van der Waals surface area (Å²) in [4.78, 5) is 23.7. The highest BCUT2D eigenvalue weighted by molar-refractivity contribution is 7.07. The van der Waals surface area contributed by atoms with E-state index >= 15 is 0 Å².